The van der Waals surface area contributed by atoms with Gasteiger partial charge in [-0.25, -0.2) is 4.79 Å². The molecule has 1 aromatic carbocycles. The molecule has 2 rings (SSSR count). The molecule has 0 bridgehead atoms. The highest BCUT2D eigenvalue weighted by atomic mass is 32.2. The summed E-state index contributed by atoms with van der Waals surface area (Å²) in [6, 6.07) is 7.47. The zero-order chi connectivity index (χ0) is 16.3. The van der Waals surface area contributed by atoms with Crippen LogP contribution in [0.3, 0.4) is 0 Å². The smallest absolute Gasteiger partial charge is 0.321 e. The van der Waals surface area contributed by atoms with Gasteiger partial charge in [0.15, 0.2) is 0 Å². The summed E-state index contributed by atoms with van der Waals surface area (Å²) < 4.78 is 0.145. The molecule has 2 amide bonds. The summed E-state index contributed by atoms with van der Waals surface area (Å²) in [6.07, 6.45) is 0.518. The molecule has 1 unspecified atom stereocenters. The van der Waals surface area contributed by atoms with Crippen molar-refractivity contribution in [3.63, 3.8) is 0 Å². The molecule has 2 N–H and O–H groups in total. The first-order valence-electron chi connectivity index (χ1n) is 7.32. The van der Waals surface area contributed by atoms with Crippen LogP contribution in [0.5, 0.6) is 0 Å². The summed E-state index contributed by atoms with van der Waals surface area (Å²) >= 11 is 1.77. The number of nitrogens with one attached hydrogen (secondary N) is 1. The van der Waals surface area contributed by atoms with E-state index in [9.17, 15) is 9.59 Å². The Hall–Kier alpha value is -1.69. The van der Waals surface area contributed by atoms with Crippen molar-refractivity contribution in [1.82, 2.24) is 4.90 Å². The average Bonchev–Trinajstić information content (AvgIpc) is 2.89. The van der Waals surface area contributed by atoms with Crippen molar-refractivity contribution >= 4 is 29.4 Å². The summed E-state index contributed by atoms with van der Waals surface area (Å²) in [5.74, 6) is -1.28. The second kappa shape index (κ2) is 6.60. The molecule has 6 heteroatoms. The molecule has 0 aromatic heterocycles. The second-order valence-electron chi connectivity index (χ2n) is 6.44. The van der Waals surface area contributed by atoms with Gasteiger partial charge in [0.25, 0.3) is 0 Å². The maximum absolute atomic E-state index is 12.1. The molecule has 1 atom stereocenters. The van der Waals surface area contributed by atoms with Gasteiger partial charge in [-0.2, -0.15) is 0 Å². The minimum absolute atomic E-state index is 0.145. The molecular formula is C16H22N2O3S. The van der Waals surface area contributed by atoms with E-state index in [1.54, 1.807) is 16.7 Å². The van der Waals surface area contributed by atoms with E-state index < -0.39 is 11.9 Å². The van der Waals surface area contributed by atoms with Crippen LogP contribution in [0.25, 0.3) is 0 Å². The molecule has 120 valence electrons. The molecular weight excluding hydrogens is 300 g/mol. The summed E-state index contributed by atoms with van der Waals surface area (Å²) in [6.45, 7) is 7.22. The Morgan fingerprint density at radius 2 is 1.91 bits per heavy atom. The third-order valence-electron chi connectivity index (χ3n) is 3.35. The monoisotopic (exact) mass is 322 g/mol. The van der Waals surface area contributed by atoms with Gasteiger partial charge in [0.1, 0.15) is 0 Å². The SMILES string of the molecule is CC(C)(C)Sc1ccc(NC(=O)N2CCC(C(=O)O)C2)cc1. The van der Waals surface area contributed by atoms with Crippen LogP contribution in [0.15, 0.2) is 29.2 Å². The van der Waals surface area contributed by atoms with Crippen LogP contribution in [0.1, 0.15) is 27.2 Å². The molecule has 1 aliphatic heterocycles. The van der Waals surface area contributed by atoms with E-state index in [0.717, 1.165) is 10.6 Å². The zero-order valence-electron chi connectivity index (χ0n) is 13.1. The number of likely N-dealkylation sites (tertiary alicyclic amines) is 1. The van der Waals surface area contributed by atoms with Gasteiger partial charge < -0.3 is 15.3 Å². The number of hydrogen-bond acceptors (Lipinski definition) is 3. The summed E-state index contributed by atoms with van der Waals surface area (Å²) in [5.41, 5.74) is 0.724. The Kier molecular flexibility index (Phi) is 5.01. The fraction of sp³-hybridized carbons (Fsp3) is 0.500. The molecule has 0 saturated carbocycles. The van der Waals surface area contributed by atoms with Crippen molar-refractivity contribution in [2.24, 2.45) is 5.92 Å². The number of carboxylic acids is 1. The van der Waals surface area contributed by atoms with E-state index in [1.807, 2.05) is 24.3 Å². The van der Waals surface area contributed by atoms with Crippen LogP contribution in [-0.4, -0.2) is 39.8 Å². The van der Waals surface area contributed by atoms with Gasteiger partial charge in [-0.05, 0) is 30.7 Å². The molecule has 1 aromatic rings. The van der Waals surface area contributed by atoms with Crippen LogP contribution < -0.4 is 5.32 Å². The average molecular weight is 322 g/mol. The molecule has 1 heterocycles. The first-order valence-corrected chi connectivity index (χ1v) is 8.14. The number of carbonyl (C=O) groups excluding carboxylic acids is 1. The van der Waals surface area contributed by atoms with E-state index in [1.165, 1.54) is 0 Å². The lowest BCUT2D eigenvalue weighted by molar-refractivity contribution is -0.141. The molecule has 1 aliphatic rings. The Morgan fingerprint density at radius 3 is 2.41 bits per heavy atom. The highest BCUT2D eigenvalue weighted by Gasteiger charge is 2.30. The second-order valence-corrected chi connectivity index (χ2v) is 8.34. The molecule has 5 nitrogen and oxygen atoms in total. The third kappa shape index (κ3) is 4.66. The number of anilines is 1. The Balaban J connectivity index is 1.91. The maximum Gasteiger partial charge on any atom is 0.321 e. The van der Waals surface area contributed by atoms with Gasteiger partial charge in [-0.1, -0.05) is 20.8 Å². The molecule has 1 fully saturated rings. The molecule has 22 heavy (non-hydrogen) atoms. The van der Waals surface area contributed by atoms with Crippen LogP contribution >= 0.6 is 11.8 Å². The van der Waals surface area contributed by atoms with E-state index in [0.29, 0.717) is 13.0 Å². The minimum Gasteiger partial charge on any atom is -0.481 e. The van der Waals surface area contributed by atoms with Crippen LogP contribution in [0.4, 0.5) is 10.5 Å². The normalized spacial score (nSPS) is 18.3. The lowest BCUT2D eigenvalue weighted by atomic mass is 10.1. The molecule has 0 radical (unpaired) electrons. The lowest BCUT2D eigenvalue weighted by Crippen LogP contribution is -2.33. The minimum atomic E-state index is -0.834. The fourth-order valence-electron chi connectivity index (χ4n) is 2.31. The number of carboxylic acid groups (broad SMARTS) is 1. The number of hydrogen-bond donors (Lipinski definition) is 2. The quantitative estimate of drug-likeness (QED) is 0.836. The number of thioether (sulfide) groups is 1. The van der Waals surface area contributed by atoms with E-state index in [4.69, 9.17) is 5.11 Å². The largest absolute Gasteiger partial charge is 0.481 e. The summed E-state index contributed by atoms with van der Waals surface area (Å²) in [7, 11) is 0. The number of rotatable bonds is 3. The standard InChI is InChI=1S/C16H22N2O3S/c1-16(2,3)22-13-6-4-12(5-7-13)17-15(21)18-9-8-11(10-18)14(19)20/h4-7,11H,8-10H2,1-3H3,(H,17,21)(H,19,20). The van der Waals surface area contributed by atoms with Crippen molar-refractivity contribution in [2.45, 2.75) is 36.8 Å². The Bertz CT molecular complexity index is 552. The van der Waals surface area contributed by atoms with E-state index in [-0.39, 0.29) is 17.3 Å². The predicted molar refractivity (Wildman–Crippen MR) is 88.4 cm³/mol. The van der Waals surface area contributed by atoms with E-state index in [2.05, 4.69) is 26.1 Å². The van der Waals surface area contributed by atoms with Crippen molar-refractivity contribution in [1.29, 1.82) is 0 Å². The number of benzene rings is 1. The topological polar surface area (TPSA) is 69.6 Å². The fourth-order valence-corrected chi connectivity index (χ4v) is 3.29. The van der Waals surface area contributed by atoms with E-state index >= 15 is 0 Å². The van der Waals surface area contributed by atoms with Crippen LogP contribution in [0.2, 0.25) is 0 Å². The number of carbonyl (C=O) groups is 2. The number of amides is 2. The highest BCUT2D eigenvalue weighted by Crippen LogP contribution is 2.32. The summed E-state index contributed by atoms with van der Waals surface area (Å²) in [5, 5.41) is 11.8. The van der Waals surface area contributed by atoms with Crippen LogP contribution in [-0.2, 0) is 4.79 Å². The van der Waals surface area contributed by atoms with Crippen molar-refractivity contribution in [3.05, 3.63) is 24.3 Å². The Labute approximate surface area is 135 Å². The molecule has 0 spiro atoms. The van der Waals surface area contributed by atoms with Crippen LogP contribution in [0, 0.1) is 5.92 Å². The summed E-state index contributed by atoms with van der Waals surface area (Å²) in [4.78, 5) is 25.7. The predicted octanol–water partition coefficient (Wildman–Crippen LogP) is 3.52. The maximum atomic E-state index is 12.1. The number of aliphatic carboxylic acids is 1. The van der Waals surface area contributed by atoms with Gasteiger partial charge in [-0.15, -0.1) is 11.8 Å². The molecule has 1 saturated heterocycles. The number of urea groups is 1. The van der Waals surface area contributed by atoms with Gasteiger partial charge in [0, 0.05) is 28.4 Å². The van der Waals surface area contributed by atoms with Gasteiger partial charge in [0.2, 0.25) is 0 Å². The Morgan fingerprint density at radius 1 is 1.27 bits per heavy atom. The van der Waals surface area contributed by atoms with Gasteiger partial charge in [0.05, 0.1) is 5.92 Å². The highest BCUT2D eigenvalue weighted by molar-refractivity contribution is 8.00. The zero-order valence-corrected chi connectivity index (χ0v) is 13.9. The van der Waals surface area contributed by atoms with Gasteiger partial charge in [-0.3, -0.25) is 4.79 Å². The molecule has 0 aliphatic carbocycles. The van der Waals surface area contributed by atoms with Gasteiger partial charge >= 0.3 is 12.0 Å². The third-order valence-corrected chi connectivity index (χ3v) is 4.47. The van der Waals surface area contributed by atoms with Crippen molar-refractivity contribution in [3.8, 4) is 0 Å². The lowest BCUT2D eigenvalue weighted by Gasteiger charge is -2.19. The van der Waals surface area contributed by atoms with Crippen molar-refractivity contribution < 1.29 is 14.7 Å². The van der Waals surface area contributed by atoms with Crippen molar-refractivity contribution in [2.75, 3.05) is 18.4 Å². The first-order chi connectivity index (χ1) is 10.2. The first kappa shape index (κ1) is 16.7. The number of nitrogens with zero attached hydrogens (tertiary/aromatic N) is 1.